The van der Waals surface area contributed by atoms with Crippen LogP contribution in [-0.2, 0) is 28.5 Å². The molecule has 3 atom stereocenters. The van der Waals surface area contributed by atoms with Crippen LogP contribution >= 0.6 is 23.2 Å². The van der Waals surface area contributed by atoms with Crippen LogP contribution in [0.15, 0.2) is 18.2 Å². The minimum Gasteiger partial charge on any atom is -0.716 e. The zero-order valence-corrected chi connectivity index (χ0v) is 21.1. The summed E-state index contributed by atoms with van der Waals surface area (Å²) in [5, 5.41) is 5.41. The van der Waals surface area contributed by atoms with Crippen LogP contribution < -0.4 is 10.6 Å². The van der Waals surface area contributed by atoms with Gasteiger partial charge in [-0.15, -0.1) is 0 Å². The molecular formula is C22H27BCl2N2O8. The Morgan fingerprint density at radius 3 is 2.60 bits per heavy atom. The maximum Gasteiger partial charge on any atom is 0.576 e. The Labute approximate surface area is 212 Å². The van der Waals surface area contributed by atoms with Crippen molar-refractivity contribution < 1.29 is 37.9 Å². The average Bonchev–Trinajstić information content (AvgIpc) is 2.98. The topological polar surface area (TPSA) is 141 Å². The molecule has 2 heterocycles. The Hall–Kier alpha value is -2.63. The summed E-state index contributed by atoms with van der Waals surface area (Å²) in [7, 11) is 1.40. The first-order valence-corrected chi connectivity index (χ1v) is 11.9. The van der Waals surface area contributed by atoms with Crippen molar-refractivity contribution in [1.29, 1.82) is 0 Å². The average molecular weight is 529 g/mol. The monoisotopic (exact) mass is 528 g/mol. The van der Waals surface area contributed by atoms with E-state index >= 15 is 0 Å². The third-order valence-electron chi connectivity index (χ3n) is 6.02. The number of hydrogen-bond donors (Lipinski definition) is 2. The maximum atomic E-state index is 12.9. The van der Waals surface area contributed by atoms with Gasteiger partial charge >= 0.3 is 12.7 Å². The summed E-state index contributed by atoms with van der Waals surface area (Å²) in [4.78, 5) is 62.6. The van der Waals surface area contributed by atoms with Crippen LogP contribution in [0.1, 0.15) is 49.9 Å². The number of Topliss-reactive ketones (excluding diaryl/α,β-unsaturated/α-hetero) is 1. The zero-order chi connectivity index (χ0) is 26.0. The van der Waals surface area contributed by atoms with Gasteiger partial charge in [0.1, 0.15) is 5.78 Å². The van der Waals surface area contributed by atoms with Crippen molar-refractivity contribution in [2.24, 2.45) is 5.92 Å². The fourth-order valence-corrected chi connectivity index (χ4v) is 4.83. The molecule has 1 aromatic carbocycles. The van der Waals surface area contributed by atoms with Crippen molar-refractivity contribution in [3.8, 4) is 0 Å². The molecule has 3 N–H and O–H groups in total. The van der Waals surface area contributed by atoms with Crippen molar-refractivity contribution in [3.05, 3.63) is 33.8 Å². The maximum absolute atomic E-state index is 12.9. The number of ketones is 1. The van der Waals surface area contributed by atoms with Crippen LogP contribution in [0.25, 0.3) is 0 Å². The predicted octanol–water partition coefficient (Wildman–Crippen LogP) is 1.94. The van der Waals surface area contributed by atoms with Crippen LogP contribution in [0.2, 0.25) is 15.9 Å². The third kappa shape index (κ3) is 5.96. The van der Waals surface area contributed by atoms with Gasteiger partial charge in [0.2, 0.25) is 11.5 Å². The van der Waals surface area contributed by atoms with E-state index in [2.05, 4.69) is 15.3 Å². The Balaban J connectivity index is 1.76. The van der Waals surface area contributed by atoms with Crippen LogP contribution in [0.5, 0.6) is 0 Å². The second kappa shape index (κ2) is 10.6. The van der Waals surface area contributed by atoms with Gasteiger partial charge in [0.05, 0.1) is 30.0 Å². The fourth-order valence-electron chi connectivity index (χ4n) is 4.46. The van der Waals surface area contributed by atoms with Crippen molar-refractivity contribution in [2.75, 3.05) is 13.6 Å². The minimum absolute atomic E-state index is 0.0346. The van der Waals surface area contributed by atoms with Gasteiger partial charge in [-0.05, 0) is 36.4 Å². The molecule has 2 aliphatic rings. The first-order chi connectivity index (χ1) is 16.4. The van der Waals surface area contributed by atoms with Crippen molar-refractivity contribution in [3.63, 3.8) is 0 Å². The molecule has 0 saturated carbocycles. The molecule has 13 heteroatoms. The number of carboxylic acids is 1. The van der Waals surface area contributed by atoms with Gasteiger partial charge in [-0.1, -0.05) is 43.5 Å². The summed E-state index contributed by atoms with van der Waals surface area (Å²) >= 11 is 12.0. The first kappa shape index (κ1) is 27.0. The quantitative estimate of drug-likeness (QED) is 0.349. The molecule has 35 heavy (non-hydrogen) atoms. The van der Waals surface area contributed by atoms with Gasteiger partial charge in [-0.2, -0.15) is 0 Å². The summed E-state index contributed by atoms with van der Waals surface area (Å²) in [5.41, 5.74) is -1.63. The van der Waals surface area contributed by atoms with Crippen molar-refractivity contribution in [2.45, 2.75) is 50.9 Å². The number of amides is 2. The molecule has 2 aliphatic heterocycles. The normalized spacial score (nSPS) is 23.9. The molecule has 3 rings (SSSR count). The van der Waals surface area contributed by atoms with E-state index in [0.717, 1.165) is 0 Å². The second-order valence-electron chi connectivity index (χ2n) is 9.23. The largest absolute Gasteiger partial charge is 0.716 e. The predicted molar refractivity (Wildman–Crippen MR) is 128 cm³/mol. The lowest BCUT2D eigenvalue weighted by atomic mass is 9.57. The smallest absolute Gasteiger partial charge is 0.576 e. The molecule has 2 bridgehead atoms. The van der Waals surface area contributed by atoms with Gasteiger partial charge < -0.3 is 24.6 Å². The van der Waals surface area contributed by atoms with Crippen LogP contribution in [0, 0.1) is 5.92 Å². The van der Waals surface area contributed by atoms with E-state index in [1.165, 1.54) is 25.2 Å². The van der Waals surface area contributed by atoms with Crippen LogP contribution in [0.3, 0.4) is 0 Å². The minimum atomic E-state index is -2.85. The van der Waals surface area contributed by atoms with Crippen molar-refractivity contribution >= 4 is 59.5 Å². The Bertz CT molecular complexity index is 1070. The molecule has 2 amide bonds. The summed E-state index contributed by atoms with van der Waals surface area (Å²) in [6, 6.07) is 4.39. The SMILES string of the molecule is CNC(=O)C[C@]12CC(=O)O[B-]([C@@H](CC(=O)CNC(=O)c3cc(Cl)ccc3Cl)CC(C)C)(O1)[OH+]C2=O. The van der Waals surface area contributed by atoms with E-state index in [9.17, 15) is 24.0 Å². The van der Waals surface area contributed by atoms with Gasteiger partial charge in [-0.25, -0.2) is 0 Å². The highest BCUT2D eigenvalue weighted by Crippen LogP contribution is 2.47. The molecule has 0 radical (unpaired) electrons. The number of benzene rings is 1. The second-order valence-corrected chi connectivity index (χ2v) is 10.1. The number of hydrogen-bond acceptors (Lipinski definition) is 7. The molecule has 1 unspecified atom stereocenters. The number of carbonyl (C=O) groups is 5. The van der Waals surface area contributed by atoms with E-state index in [-0.39, 0.29) is 35.9 Å². The summed E-state index contributed by atoms with van der Waals surface area (Å²) in [5.74, 6) is -3.66. The lowest BCUT2D eigenvalue weighted by Crippen LogP contribution is -2.57. The third-order valence-corrected chi connectivity index (χ3v) is 6.58. The Kier molecular flexibility index (Phi) is 8.13. The molecular weight excluding hydrogens is 502 g/mol. The van der Waals surface area contributed by atoms with Crippen molar-refractivity contribution in [1.82, 2.24) is 10.6 Å². The number of fused-ring (bicyclic) bond motifs is 2. The molecule has 2 fully saturated rings. The van der Waals surface area contributed by atoms with Crippen LogP contribution in [-0.4, -0.2) is 60.1 Å². The summed E-state index contributed by atoms with van der Waals surface area (Å²) in [6.45, 7) is 0.598. The molecule has 0 spiro atoms. The fraction of sp³-hybridized carbons (Fsp3) is 0.500. The van der Waals surface area contributed by atoms with E-state index in [0.29, 0.717) is 11.4 Å². The lowest BCUT2D eigenvalue weighted by Gasteiger charge is -2.43. The van der Waals surface area contributed by atoms with Gasteiger partial charge in [-0.3, -0.25) is 19.2 Å². The van der Waals surface area contributed by atoms with Gasteiger partial charge in [0, 0.05) is 16.9 Å². The molecule has 1 aromatic rings. The van der Waals surface area contributed by atoms with Gasteiger partial charge in [0.25, 0.3) is 11.9 Å². The lowest BCUT2D eigenvalue weighted by molar-refractivity contribution is -0.158. The Morgan fingerprint density at radius 1 is 1.23 bits per heavy atom. The van der Waals surface area contributed by atoms with Crippen LogP contribution in [0.4, 0.5) is 0 Å². The number of aliphatic carboxylic acids is 1. The van der Waals surface area contributed by atoms with E-state index < -0.39 is 54.1 Å². The first-order valence-electron chi connectivity index (χ1n) is 11.2. The van der Waals surface area contributed by atoms with E-state index in [1.54, 1.807) is 0 Å². The molecule has 190 valence electrons. The summed E-state index contributed by atoms with van der Waals surface area (Å²) in [6.07, 6.45) is -0.657. The highest BCUT2D eigenvalue weighted by molar-refractivity contribution is 6.67. The highest BCUT2D eigenvalue weighted by Gasteiger charge is 2.69. The number of rotatable bonds is 10. The number of halogens is 2. The zero-order valence-electron chi connectivity index (χ0n) is 19.6. The molecule has 0 aliphatic carbocycles. The van der Waals surface area contributed by atoms with E-state index in [1.807, 2.05) is 13.8 Å². The Morgan fingerprint density at radius 2 is 1.94 bits per heavy atom. The van der Waals surface area contributed by atoms with E-state index in [4.69, 9.17) is 32.5 Å². The number of carbonyl (C=O) groups excluding carboxylic acids is 4. The molecule has 10 nitrogen and oxygen atoms in total. The molecule has 2 saturated heterocycles. The standard InChI is InChI=1S/C22H27BCl2N2O8/c1-12(2)6-13(7-15(28)11-27-20(31)16-8-14(24)4-5-17(16)25)23-33-19(30)10-22(35-23,21(32)34-23)9-18(29)26-3/h4-5,8,12-13,34H,6-7,9-11H2,1-3H3,(H,26,29)(H,27,31)/t13-,22-,23?/m1/s1. The van der Waals surface area contributed by atoms with Gasteiger partial charge in [0.15, 0.2) is 0 Å². The summed E-state index contributed by atoms with van der Waals surface area (Å²) < 4.78 is 15.5. The number of nitrogens with one attached hydrogen (secondary N) is 2. The molecule has 0 aromatic heterocycles. The highest BCUT2D eigenvalue weighted by atomic mass is 35.5.